The molecule has 1 aliphatic heterocycles. The van der Waals surface area contributed by atoms with E-state index in [9.17, 15) is 4.79 Å². The average molecular weight is 194 g/mol. The van der Waals surface area contributed by atoms with Gasteiger partial charge in [0, 0.05) is 6.54 Å². The molecule has 1 N–H and O–H groups in total. The third kappa shape index (κ3) is 1.58. The average Bonchev–Trinajstić information content (AvgIpc) is 2.17. The Balaban J connectivity index is 2.44. The number of allylic oxidation sites excluding steroid dienone is 1. The van der Waals surface area contributed by atoms with Crippen molar-refractivity contribution in [1.82, 2.24) is 5.32 Å². The monoisotopic (exact) mass is 193 g/mol. The lowest BCUT2D eigenvalue weighted by Crippen LogP contribution is -2.21. The number of benzene rings is 1. The molecule has 0 unspecified atom stereocenters. The topological polar surface area (TPSA) is 29.1 Å². The van der Waals surface area contributed by atoms with Gasteiger partial charge in [0.15, 0.2) is 0 Å². The van der Waals surface area contributed by atoms with Gasteiger partial charge in [-0.2, -0.15) is 0 Å². The summed E-state index contributed by atoms with van der Waals surface area (Å²) in [6, 6.07) is 7.91. The van der Waals surface area contributed by atoms with E-state index in [1.807, 2.05) is 24.3 Å². The first-order valence-electron chi connectivity index (χ1n) is 4.00. The van der Waals surface area contributed by atoms with E-state index in [1.165, 1.54) is 5.56 Å². The molecule has 0 spiro atoms. The first kappa shape index (κ1) is 8.32. The first-order valence-corrected chi connectivity index (χ1v) is 4.38. The van der Waals surface area contributed by atoms with Crippen molar-refractivity contribution in [3.63, 3.8) is 0 Å². The SMILES string of the molecule is O=C(Cl)C1=Cc2ccccc2CN1. The normalized spacial score (nSPS) is 14.1. The molecule has 0 bridgehead atoms. The Kier molecular flexibility index (Phi) is 2.07. The van der Waals surface area contributed by atoms with Gasteiger partial charge in [-0.05, 0) is 28.8 Å². The smallest absolute Gasteiger partial charge is 0.268 e. The van der Waals surface area contributed by atoms with Crippen molar-refractivity contribution in [2.24, 2.45) is 0 Å². The van der Waals surface area contributed by atoms with Crippen molar-refractivity contribution in [2.45, 2.75) is 6.54 Å². The molecule has 1 aromatic carbocycles. The van der Waals surface area contributed by atoms with Crippen LogP contribution in [0.3, 0.4) is 0 Å². The van der Waals surface area contributed by atoms with Crippen LogP contribution in [0, 0.1) is 0 Å². The van der Waals surface area contributed by atoms with Gasteiger partial charge < -0.3 is 5.32 Å². The molecule has 0 radical (unpaired) electrons. The van der Waals surface area contributed by atoms with E-state index in [1.54, 1.807) is 6.08 Å². The van der Waals surface area contributed by atoms with Crippen LogP contribution < -0.4 is 5.32 Å². The number of carbonyl (C=O) groups is 1. The molecule has 1 heterocycles. The molecular weight excluding hydrogens is 186 g/mol. The number of nitrogens with one attached hydrogen (secondary N) is 1. The molecule has 66 valence electrons. The van der Waals surface area contributed by atoms with Gasteiger partial charge in [0.2, 0.25) is 0 Å². The van der Waals surface area contributed by atoms with Crippen LogP contribution in [0.5, 0.6) is 0 Å². The van der Waals surface area contributed by atoms with Crippen LogP contribution in [0.15, 0.2) is 30.0 Å². The highest BCUT2D eigenvalue weighted by Gasteiger charge is 2.12. The van der Waals surface area contributed by atoms with Crippen molar-refractivity contribution in [2.75, 3.05) is 0 Å². The maximum atomic E-state index is 10.8. The van der Waals surface area contributed by atoms with Crippen LogP contribution in [0.4, 0.5) is 0 Å². The number of fused-ring (bicyclic) bond motifs is 1. The van der Waals surface area contributed by atoms with E-state index in [4.69, 9.17) is 11.6 Å². The van der Waals surface area contributed by atoms with E-state index >= 15 is 0 Å². The van der Waals surface area contributed by atoms with Gasteiger partial charge in [-0.25, -0.2) is 0 Å². The zero-order chi connectivity index (χ0) is 9.26. The van der Waals surface area contributed by atoms with Gasteiger partial charge in [-0.3, -0.25) is 4.79 Å². The summed E-state index contributed by atoms with van der Waals surface area (Å²) < 4.78 is 0. The lowest BCUT2D eigenvalue weighted by molar-refractivity contribution is -0.108. The number of carbonyl (C=O) groups excluding carboxylic acids is 1. The highest BCUT2D eigenvalue weighted by molar-refractivity contribution is 6.68. The van der Waals surface area contributed by atoms with Crippen LogP contribution in [-0.2, 0) is 11.3 Å². The van der Waals surface area contributed by atoms with Crippen LogP contribution >= 0.6 is 11.6 Å². The van der Waals surface area contributed by atoms with Gasteiger partial charge in [-0.15, -0.1) is 0 Å². The predicted octanol–water partition coefficient (Wildman–Crippen LogP) is 1.90. The highest BCUT2D eigenvalue weighted by Crippen LogP contribution is 2.18. The second-order valence-electron chi connectivity index (χ2n) is 2.88. The Bertz CT molecular complexity index is 384. The Morgan fingerprint density at radius 1 is 1.38 bits per heavy atom. The molecule has 3 heteroatoms. The van der Waals surface area contributed by atoms with Gasteiger partial charge in [-0.1, -0.05) is 24.3 Å². The van der Waals surface area contributed by atoms with Gasteiger partial charge in [0.05, 0.1) is 5.70 Å². The molecule has 1 aromatic rings. The van der Waals surface area contributed by atoms with Crippen molar-refractivity contribution >= 4 is 22.9 Å². The minimum atomic E-state index is -0.436. The molecule has 0 fully saturated rings. The quantitative estimate of drug-likeness (QED) is 0.691. The van der Waals surface area contributed by atoms with Gasteiger partial charge >= 0.3 is 0 Å². The molecule has 0 atom stereocenters. The molecule has 13 heavy (non-hydrogen) atoms. The minimum absolute atomic E-state index is 0.436. The summed E-state index contributed by atoms with van der Waals surface area (Å²) in [5.41, 5.74) is 2.72. The number of rotatable bonds is 1. The zero-order valence-corrected chi connectivity index (χ0v) is 7.64. The van der Waals surface area contributed by atoms with E-state index in [0.717, 1.165) is 5.56 Å². The molecule has 0 saturated carbocycles. The molecule has 0 aromatic heterocycles. The number of halogens is 1. The van der Waals surface area contributed by atoms with Crippen molar-refractivity contribution < 1.29 is 4.79 Å². The fraction of sp³-hybridized carbons (Fsp3) is 0.100. The third-order valence-electron chi connectivity index (χ3n) is 2.04. The molecule has 0 saturated heterocycles. The third-order valence-corrected chi connectivity index (χ3v) is 2.24. The molecule has 0 amide bonds. The van der Waals surface area contributed by atoms with Crippen LogP contribution in [-0.4, -0.2) is 5.24 Å². The molecule has 0 aliphatic carbocycles. The fourth-order valence-corrected chi connectivity index (χ4v) is 1.48. The first-order chi connectivity index (χ1) is 6.27. The molecule has 2 rings (SSSR count). The minimum Gasteiger partial charge on any atom is -0.377 e. The van der Waals surface area contributed by atoms with Crippen LogP contribution in [0.25, 0.3) is 6.08 Å². The van der Waals surface area contributed by atoms with E-state index in [2.05, 4.69) is 5.32 Å². The maximum absolute atomic E-state index is 10.8. The largest absolute Gasteiger partial charge is 0.377 e. The van der Waals surface area contributed by atoms with E-state index < -0.39 is 5.24 Å². The van der Waals surface area contributed by atoms with E-state index in [0.29, 0.717) is 12.2 Å². The maximum Gasteiger partial charge on any atom is 0.268 e. The lowest BCUT2D eigenvalue weighted by atomic mass is 10.0. The highest BCUT2D eigenvalue weighted by atomic mass is 35.5. The predicted molar refractivity (Wildman–Crippen MR) is 52.1 cm³/mol. The lowest BCUT2D eigenvalue weighted by Gasteiger charge is -2.15. The van der Waals surface area contributed by atoms with Crippen molar-refractivity contribution in [3.8, 4) is 0 Å². The van der Waals surface area contributed by atoms with E-state index in [-0.39, 0.29) is 0 Å². The summed E-state index contributed by atoms with van der Waals surface area (Å²) in [4.78, 5) is 10.8. The Morgan fingerprint density at radius 2 is 2.15 bits per heavy atom. The summed E-state index contributed by atoms with van der Waals surface area (Å²) >= 11 is 5.35. The molecular formula is C10H8ClNO. The summed E-state index contributed by atoms with van der Waals surface area (Å²) in [5, 5.41) is 2.52. The number of hydrogen-bond donors (Lipinski definition) is 1. The fourth-order valence-electron chi connectivity index (χ4n) is 1.36. The van der Waals surface area contributed by atoms with Gasteiger partial charge in [0.1, 0.15) is 0 Å². The molecule has 1 aliphatic rings. The summed E-state index contributed by atoms with van der Waals surface area (Å²) in [7, 11) is 0. The standard InChI is InChI=1S/C10H8ClNO/c11-10(13)9-5-7-3-1-2-4-8(7)6-12-9/h1-5,12H,6H2. The van der Waals surface area contributed by atoms with Crippen molar-refractivity contribution in [3.05, 3.63) is 41.1 Å². The Morgan fingerprint density at radius 3 is 2.92 bits per heavy atom. The van der Waals surface area contributed by atoms with Crippen molar-refractivity contribution in [1.29, 1.82) is 0 Å². The molecule has 2 nitrogen and oxygen atoms in total. The Labute approximate surface area is 81.2 Å². The zero-order valence-electron chi connectivity index (χ0n) is 6.88. The second kappa shape index (κ2) is 3.23. The van der Waals surface area contributed by atoms with Crippen LogP contribution in [0.1, 0.15) is 11.1 Å². The summed E-state index contributed by atoms with van der Waals surface area (Å²) in [5.74, 6) is 0. The van der Waals surface area contributed by atoms with Gasteiger partial charge in [0.25, 0.3) is 5.24 Å². The summed E-state index contributed by atoms with van der Waals surface area (Å²) in [6.45, 7) is 0.667. The Hall–Kier alpha value is -1.28. The van der Waals surface area contributed by atoms with Crippen LogP contribution in [0.2, 0.25) is 0 Å². The number of hydrogen-bond acceptors (Lipinski definition) is 2. The summed E-state index contributed by atoms with van der Waals surface area (Å²) in [6.07, 6.45) is 1.77. The second-order valence-corrected chi connectivity index (χ2v) is 3.23.